The van der Waals surface area contributed by atoms with Crippen LogP contribution in [0.25, 0.3) is 11.0 Å². The molecule has 1 saturated heterocycles. The molecule has 9 heteroatoms. The van der Waals surface area contributed by atoms with Crippen molar-refractivity contribution in [1.82, 2.24) is 24.8 Å². The van der Waals surface area contributed by atoms with Gasteiger partial charge < -0.3 is 24.3 Å². The van der Waals surface area contributed by atoms with Crippen molar-refractivity contribution in [3.63, 3.8) is 0 Å². The summed E-state index contributed by atoms with van der Waals surface area (Å²) in [6.45, 7) is 4.08. The summed E-state index contributed by atoms with van der Waals surface area (Å²) in [6.07, 6.45) is 4.92. The summed E-state index contributed by atoms with van der Waals surface area (Å²) in [5, 5.41) is 3.57. The number of ether oxygens (including phenoxy) is 2. The van der Waals surface area contributed by atoms with Crippen LogP contribution >= 0.6 is 0 Å². The topological polar surface area (TPSA) is 81.5 Å². The average molecular weight is 425 g/mol. The SMILES string of the molecule is O=c1ccc2ncc(F)cc2n1CCN1CCC(NCc2cc3c(cn2)OCO3)CC1. The van der Waals surface area contributed by atoms with Crippen LogP contribution in [-0.2, 0) is 13.1 Å². The molecule has 0 spiro atoms. The molecule has 5 heterocycles. The minimum atomic E-state index is -0.435. The van der Waals surface area contributed by atoms with Crippen molar-refractivity contribution in [3.05, 3.63) is 58.5 Å². The second kappa shape index (κ2) is 8.60. The number of pyridine rings is 3. The van der Waals surface area contributed by atoms with Crippen LogP contribution in [0, 0.1) is 5.82 Å². The highest BCUT2D eigenvalue weighted by Gasteiger charge is 2.20. The van der Waals surface area contributed by atoms with Crippen LogP contribution in [0.15, 0.2) is 41.5 Å². The van der Waals surface area contributed by atoms with E-state index in [1.165, 1.54) is 18.3 Å². The number of likely N-dealkylation sites (tertiary alicyclic amines) is 1. The van der Waals surface area contributed by atoms with Gasteiger partial charge in [0.25, 0.3) is 5.56 Å². The molecule has 0 aromatic carbocycles. The van der Waals surface area contributed by atoms with Gasteiger partial charge in [0, 0.05) is 43.9 Å². The van der Waals surface area contributed by atoms with Crippen LogP contribution in [0.2, 0.25) is 0 Å². The van der Waals surface area contributed by atoms with Gasteiger partial charge in [0.2, 0.25) is 6.79 Å². The van der Waals surface area contributed by atoms with Crippen molar-refractivity contribution in [1.29, 1.82) is 0 Å². The van der Waals surface area contributed by atoms with Crippen LogP contribution < -0.4 is 20.3 Å². The Bertz CT molecular complexity index is 1140. The molecule has 0 bridgehead atoms. The summed E-state index contributed by atoms with van der Waals surface area (Å²) in [7, 11) is 0. The van der Waals surface area contributed by atoms with Gasteiger partial charge in [0.15, 0.2) is 11.5 Å². The van der Waals surface area contributed by atoms with Gasteiger partial charge in [-0.05, 0) is 32.0 Å². The van der Waals surface area contributed by atoms with Gasteiger partial charge in [0.05, 0.1) is 29.1 Å². The Morgan fingerprint density at radius 2 is 1.90 bits per heavy atom. The summed E-state index contributed by atoms with van der Waals surface area (Å²) in [6, 6.07) is 6.85. The average Bonchev–Trinajstić information content (AvgIpc) is 3.26. The summed E-state index contributed by atoms with van der Waals surface area (Å²) < 4.78 is 25.9. The van der Waals surface area contributed by atoms with Crippen LogP contribution in [-0.4, -0.2) is 51.9 Å². The third-order valence-corrected chi connectivity index (χ3v) is 5.92. The Labute approximate surface area is 178 Å². The first kappa shape index (κ1) is 19.9. The Balaban J connectivity index is 1.13. The number of hydrogen-bond donors (Lipinski definition) is 1. The molecule has 0 saturated carbocycles. The fourth-order valence-corrected chi connectivity index (χ4v) is 4.16. The standard InChI is InChI=1S/C22H24FN5O3/c23-15-9-19-18(26-11-15)1-2-22(29)28(19)8-7-27-5-3-16(4-6-27)24-12-17-10-20-21(13-25-17)31-14-30-20/h1-2,9-11,13,16,24H,3-8,12,14H2. The summed E-state index contributed by atoms with van der Waals surface area (Å²) in [5.41, 5.74) is 1.97. The molecule has 0 radical (unpaired) electrons. The lowest BCUT2D eigenvalue weighted by Gasteiger charge is -2.32. The first-order valence-corrected chi connectivity index (χ1v) is 10.5. The predicted octanol–water partition coefficient (Wildman–Crippen LogP) is 1.91. The summed E-state index contributed by atoms with van der Waals surface area (Å²) in [4.78, 5) is 23.1. The largest absolute Gasteiger partial charge is 0.453 e. The van der Waals surface area contributed by atoms with Crippen LogP contribution in [0.1, 0.15) is 18.5 Å². The zero-order valence-corrected chi connectivity index (χ0v) is 17.1. The number of aromatic nitrogens is 3. The molecule has 2 aliphatic rings. The minimum absolute atomic E-state index is 0.132. The van der Waals surface area contributed by atoms with E-state index < -0.39 is 5.82 Å². The molecule has 162 valence electrons. The van der Waals surface area contributed by atoms with E-state index in [4.69, 9.17) is 9.47 Å². The fraction of sp³-hybridized carbons (Fsp3) is 0.409. The van der Waals surface area contributed by atoms with E-state index in [9.17, 15) is 9.18 Å². The van der Waals surface area contributed by atoms with Crippen LogP contribution in [0.4, 0.5) is 4.39 Å². The predicted molar refractivity (Wildman–Crippen MR) is 113 cm³/mol. The number of piperidine rings is 1. The lowest BCUT2D eigenvalue weighted by molar-refractivity contribution is 0.173. The second-order valence-electron chi connectivity index (χ2n) is 7.91. The van der Waals surface area contributed by atoms with Gasteiger partial charge in [-0.3, -0.25) is 14.8 Å². The van der Waals surface area contributed by atoms with Gasteiger partial charge >= 0.3 is 0 Å². The third kappa shape index (κ3) is 4.38. The molecule has 1 N–H and O–H groups in total. The highest BCUT2D eigenvalue weighted by atomic mass is 19.1. The van der Waals surface area contributed by atoms with Crippen molar-refractivity contribution < 1.29 is 13.9 Å². The van der Waals surface area contributed by atoms with Crippen molar-refractivity contribution in [3.8, 4) is 11.5 Å². The minimum Gasteiger partial charge on any atom is -0.453 e. The van der Waals surface area contributed by atoms with E-state index >= 15 is 0 Å². The summed E-state index contributed by atoms with van der Waals surface area (Å²) in [5.74, 6) is 1.01. The monoisotopic (exact) mass is 425 g/mol. The maximum absolute atomic E-state index is 13.6. The number of halogens is 1. The Hall–Kier alpha value is -3.04. The van der Waals surface area contributed by atoms with E-state index in [1.807, 2.05) is 6.07 Å². The molecule has 1 fully saturated rings. The lowest BCUT2D eigenvalue weighted by atomic mass is 10.0. The molecule has 0 unspecified atom stereocenters. The normalized spacial score (nSPS) is 16.8. The van der Waals surface area contributed by atoms with Gasteiger partial charge in [-0.15, -0.1) is 0 Å². The Morgan fingerprint density at radius 1 is 1.06 bits per heavy atom. The number of rotatable bonds is 6. The molecular weight excluding hydrogens is 401 g/mol. The lowest BCUT2D eigenvalue weighted by Crippen LogP contribution is -2.43. The van der Waals surface area contributed by atoms with Crippen molar-refractivity contribution >= 4 is 11.0 Å². The van der Waals surface area contributed by atoms with Crippen molar-refractivity contribution in [2.24, 2.45) is 0 Å². The molecule has 0 aliphatic carbocycles. The van der Waals surface area contributed by atoms with Gasteiger partial charge in [0.1, 0.15) is 5.82 Å². The Morgan fingerprint density at radius 3 is 2.77 bits per heavy atom. The molecule has 2 aliphatic heterocycles. The molecule has 8 nitrogen and oxygen atoms in total. The number of hydrogen-bond acceptors (Lipinski definition) is 7. The highest BCUT2D eigenvalue weighted by molar-refractivity contribution is 5.74. The first-order chi connectivity index (χ1) is 15.2. The molecule has 0 amide bonds. The molecule has 3 aromatic rings. The zero-order chi connectivity index (χ0) is 21.2. The smallest absolute Gasteiger partial charge is 0.251 e. The maximum atomic E-state index is 13.6. The highest BCUT2D eigenvalue weighted by Crippen LogP contribution is 2.31. The first-order valence-electron chi connectivity index (χ1n) is 10.5. The number of nitrogens with one attached hydrogen (secondary N) is 1. The van der Waals surface area contributed by atoms with E-state index in [1.54, 1.807) is 16.8 Å². The van der Waals surface area contributed by atoms with E-state index in [2.05, 4.69) is 20.2 Å². The molecule has 3 aromatic heterocycles. The summed E-state index contributed by atoms with van der Waals surface area (Å²) >= 11 is 0. The van der Waals surface area contributed by atoms with Crippen LogP contribution in [0.5, 0.6) is 11.5 Å². The zero-order valence-electron chi connectivity index (χ0n) is 17.1. The van der Waals surface area contributed by atoms with E-state index in [0.717, 1.165) is 43.9 Å². The van der Waals surface area contributed by atoms with E-state index in [-0.39, 0.29) is 12.4 Å². The maximum Gasteiger partial charge on any atom is 0.251 e. The molecule has 31 heavy (non-hydrogen) atoms. The van der Waals surface area contributed by atoms with Gasteiger partial charge in [-0.2, -0.15) is 0 Å². The molecule has 5 rings (SSSR count). The molecule has 0 atom stereocenters. The number of nitrogens with zero attached hydrogens (tertiary/aromatic N) is 4. The van der Waals surface area contributed by atoms with Crippen molar-refractivity contribution in [2.45, 2.75) is 32.0 Å². The van der Waals surface area contributed by atoms with E-state index in [0.29, 0.717) is 35.9 Å². The third-order valence-electron chi connectivity index (χ3n) is 5.92. The number of fused-ring (bicyclic) bond motifs is 2. The van der Waals surface area contributed by atoms with Crippen molar-refractivity contribution in [2.75, 3.05) is 26.4 Å². The van der Waals surface area contributed by atoms with Gasteiger partial charge in [-0.1, -0.05) is 0 Å². The fourth-order valence-electron chi connectivity index (χ4n) is 4.16. The molecular formula is C22H24FN5O3. The van der Waals surface area contributed by atoms with Gasteiger partial charge in [-0.25, -0.2) is 4.39 Å². The quantitative estimate of drug-likeness (QED) is 0.646. The second-order valence-corrected chi connectivity index (χ2v) is 7.91. The van der Waals surface area contributed by atoms with Crippen LogP contribution in [0.3, 0.4) is 0 Å². The Kier molecular flexibility index (Phi) is 5.52.